The molecule has 0 spiro atoms. The van der Waals surface area contributed by atoms with Crippen molar-refractivity contribution in [3.8, 4) is 0 Å². The van der Waals surface area contributed by atoms with E-state index in [9.17, 15) is 18.0 Å². The van der Waals surface area contributed by atoms with Crippen LogP contribution in [0.1, 0.15) is 20.0 Å². The Morgan fingerprint density at radius 3 is 2.15 bits per heavy atom. The summed E-state index contributed by atoms with van der Waals surface area (Å²) in [5.41, 5.74) is 0.602. The van der Waals surface area contributed by atoms with E-state index < -0.39 is 21.9 Å². The minimum absolute atomic E-state index is 0.0486. The summed E-state index contributed by atoms with van der Waals surface area (Å²) in [6.45, 7) is 0.819. The quantitative estimate of drug-likeness (QED) is 0.398. The summed E-state index contributed by atoms with van der Waals surface area (Å²) in [6, 6.07) is 12.9. The Morgan fingerprint density at radius 1 is 0.941 bits per heavy atom. The zero-order valence-corrected chi connectivity index (χ0v) is 20.7. The molecule has 1 N–H and O–H groups in total. The maximum Gasteiger partial charge on any atom is 0.350 e. The summed E-state index contributed by atoms with van der Waals surface area (Å²) in [4.78, 5) is 25.5. The fraction of sp³-hybridized carbons (Fsp3) is 0.304. The minimum Gasteiger partial charge on any atom is -0.465 e. The molecule has 0 saturated heterocycles. The van der Waals surface area contributed by atoms with Crippen LogP contribution in [0.4, 0.5) is 5.69 Å². The molecule has 34 heavy (non-hydrogen) atoms. The number of fused-ring (bicyclic) bond motifs is 1. The van der Waals surface area contributed by atoms with Crippen molar-refractivity contribution in [3.05, 3.63) is 59.0 Å². The van der Waals surface area contributed by atoms with Crippen LogP contribution in [0, 0.1) is 0 Å². The van der Waals surface area contributed by atoms with E-state index in [0.29, 0.717) is 11.1 Å². The maximum absolute atomic E-state index is 13.0. The molecular formula is C23H26N2O7S2. The molecule has 1 aromatic heterocycles. The molecule has 11 heteroatoms. The van der Waals surface area contributed by atoms with Crippen molar-refractivity contribution in [1.82, 2.24) is 4.31 Å². The van der Waals surface area contributed by atoms with Gasteiger partial charge in [0.1, 0.15) is 4.88 Å². The van der Waals surface area contributed by atoms with Gasteiger partial charge in [-0.05, 0) is 30.3 Å². The number of carbonyl (C=O) groups is 2. The van der Waals surface area contributed by atoms with Crippen LogP contribution in [-0.2, 0) is 24.2 Å². The van der Waals surface area contributed by atoms with Crippen LogP contribution >= 0.6 is 11.3 Å². The molecule has 0 bridgehead atoms. The van der Waals surface area contributed by atoms with Crippen LogP contribution in [-0.4, -0.2) is 72.2 Å². The van der Waals surface area contributed by atoms with Crippen molar-refractivity contribution in [2.24, 2.45) is 0 Å². The highest BCUT2D eigenvalue weighted by molar-refractivity contribution is 7.89. The number of methoxy groups -OCH3 is 3. The molecule has 182 valence electrons. The van der Waals surface area contributed by atoms with Crippen LogP contribution in [0.25, 0.3) is 10.1 Å². The topological polar surface area (TPSA) is 111 Å². The summed E-state index contributed by atoms with van der Waals surface area (Å²) >= 11 is 1.22. The number of hydrogen-bond acceptors (Lipinski definition) is 8. The van der Waals surface area contributed by atoms with Crippen molar-refractivity contribution in [2.75, 3.05) is 52.9 Å². The van der Waals surface area contributed by atoms with Gasteiger partial charge in [0.15, 0.2) is 0 Å². The molecule has 1 heterocycles. The predicted molar refractivity (Wildman–Crippen MR) is 130 cm³/mol. The summed E-state index contributed by atoms with van der Waals surface area (Å²) < 4.78 is 43.1. The monoisotopic (exact) mass is 506 g/mol. The van der Waals surface area contributed by atoms with E-state index in [2.05, 4.69) is 5.32 Å². The number of nitrogens with zero attached hydrogens (tertiary/aromatic N) is 1. The Labute approximate surface area is 202 Å². The van der Waals surface area contributed by atoms with Crippen molar-refractivity contribution in [3.63, 3.8) is 0 Å². The van der Waals surface area contributed by atoms with Gasteiger partial charge in [-0.25, -0.2) is 13.2 Å². The largest absolute Gasteiger partial charge is 0.465 e. The molecular weight excluding hydrogens is 480 g/mol. The normalized spacial score (nSPS) is 11.6. The highest BCUT2D eigenvalue weighted by Gasteiger charge is 2.25. The molecule has 1 amide bonds. The standard InChI is InChI=1S/C23H26N2O7S2/c1-30-14-12-25(13-15-31-2)34(28,29)17-10-8-16(9-11-17)22(26)24-20-18-6-4-5-7-19(18)33-21(20)23(27)32-3/h4-11H,12-15H2,1-3H3,(H,24,26). The second-order valence-corrected chi connectivity index (χ2v) is 10.2. The second kappa shape index (κ2) is 11.5. The fourth-order valence-corrected chi connectivity index (χ4v) is 5.74. The van der Waals surface area contributed by atoms with Crippen LogP contribution < -0.4 is 5.32 Å². The van der Waals surface area contributed by atoms with Crippen LogP contribution in [0.2, 0.25) is 0 Å². The third-order valence-corrected chi connectivity index (χ3v) is 8.11. The Bertz CT molecular complexity index is 1250. The van der Waals surface area contributed by atoms with Crippen molar-refractivity contribution in [2.45, 2.75) is 4.90 Å². The SMILES string of the molecule is COCCN(CCOC)S(=O)(=O)c1ccc(C(=O)Nc2c(C(=O)OC)sc3ccccc23)cc1. The number of anilines is 1. The average molecular weight is 507 g/mol. The minimum atomic E-state index is -3.81. The van der Waals surface area contributed by atoms with Gasteiger partial charge < -0.3 is 19.5 Å². The van der Waals surface area contributed by atoms with Crippen LogP contribution in [0.3, 0.4) is 0 Å². The zero-order chi connectivity index (χ0) is 24.7. The van der Waals surface area contributed by atoms with E-state index in [1.54, 1.807) is 6.07 Å². The maximum atomic E-state index is 13.0. The Balaban J connectivity index is 1.85. The van der Waals surface area contributed by atoms with E-state index in [4.69, 9.17) is 14.2 Å². The average Bonchev–Trinajstić information content (AvgIpc) is 3.21. The molecule has 0 atom stereocenters. The predicted octanol–water partition coefficient (Wildman–Crippen LogP) is 3.22. The number of amides is 1. The lowest BCUT2D eigenvalue weighted by Gasteiger charge is -2.21. The molecule has 9 nitrogen and oxygen atoms in total. The van der Waals surface area contributed by atoms with Gasteiger partial charge >= 0.3 is 5.97 Å². The van der Waals surface area contributed by atoms with Gasteiger partial charge in [0.2, 0.25) is 10.0 Å². The van der Waals surface area contributed by atoms with Crippen molar-refractivity contribution < 1.29 is 32.2 Å². The number of ether oxygens (including phenoxy) is 3. The third kappa shape index (κ3) is 5.62. The lowest BCUT2D eigenvalue weighted by atomic mass is 10.2. The smallest absolute Gasteiger partial charge is 0.350 e. The molecule has 0 unspecified atom stereocenters. The summed E-state index contributed by atoms with van der Waals surface area (Å²) in [5.74, 6) is -1.03. The van der Waals surface area contributed by atoms with Gasteiger partial charge in [0.25, 0.3) is 5.91 Å². The summed E-state index contributed by atoms with van der Waals surface area (Å²) in [7, 11) is 0.466. The van der Waals surface area contributed by atoms with Gasteiger partial charge in [-0.1, -0.05) is 18.2 Å². The first-order valence-corrected chi connectivity index (χ1v) is 12.6. The molecule has 0 saturated carbocycles. The molecule has 0 aliphatic carbocycles. The Hall–Kier alpha value is -2.83. The summed E-state index contributed by atoms with van der Waals surface area (Å²) in [6.07, 6.45) is 0. The Morgan fingerprint density at radius 2 is 1.56 bits per heavy atom. The van der Waals surface area contributed by atoms with E-state index in [1.165, 1.54) is 61.2 Å². The number of esters is 1. The van der Waals surface area contributed by atoms with E-state index >= 15 is 0 Å². The number of carbonyl (C=O) groups excluding carboxylic acids is 2. The lowest BCUT2D eigenvalue weighted by Crippen LogP contribution is -2.36. The highest BCUT2D eigenvalue weighted by Crippen LogP contribution is 2.36. The molecule has 0 radical (unpaired) electrons. The number of thiophene rings is 1. The molecule has 0 aliphatic heterocycles. The van der Waals surface area contributed by atoms with Crippen LogP contribution in [0.5, 0.6) is 0 Å². The number of rotatable bonds is 11. The van der Waals surface area contributed by atoms with Gasteiger partial charge in [-0.15, -0.1) is 11.3 Å². The fourth-order valence-electron chi connectivity index (χ4n) is 3.26. The lowest BCUT2D eigenvalue weighted by molar-refractivity contribution is 0.0607. The third-order valence-electron chi connectivity index (χ3n) is 5.05. The first kappa shape index (κ1) is 25.8. The molecule has 2 aromatic carbocycles. The number of hydrogen-bond donors (Lipinski definition) is 1. The molecule has 3 rings (SSSR count). The Kier molecular flexibility index (Phi) is 8.75. The highest BCUT2D eigenvalue weighted by atomic mass is 32.2. The molecule has 0 fully saturated rings. The number of sulfonamides is 1. The second-order valence-electron chi connectivity index (χ2n) is 7.16. The van der Waals surface area contributed by atoms with Crippen molar-refractivity contribution >= 4 is 49.0 Å². The molecule has 0 aliphatic rings. The van der Waals surface area contributed by atoms with Gasteiger partial charge in [0, 0.05) is 43.0 Å². The zero-order valence-electron chi connectivity index (χ0n) is 19.1. The van der Waals surface area contributed by atoms with Crippen LogP contribution in [0.15, 0.2) is 53.4 Å². The van der Waals surface area contributed by atoms with E-state index in [0.717, 1.165) is 4.70 Å². The molecule has 3 aromatic rings. The van der Waals surface area contributed by atoms with Crippen molar-refractivity contribution in [1.29, 1.82) is 0 Å². The summed E-state index contributed by atoms with van der Waals surface area (Å²) in [5, 5.41) is 3.49. The first-order valence-electron chi connectivity index (χ1n) is 10.3. The first-order chi connectivity index (χ1) is 16.3. The van der Waals surface area contributed by atoms with Gasteiger partial charge in [-0.2, -0.15) is 4.31 Å². The van der Waals surface area contributed by atoms with Gasteiger partial charge in [0.05, 0.1) is 30.9 Å². The number of benzene rings is 2. The van der Waals surface area contributed by atoms with E-state index in [-0.39, 0.29) is 41.6 Å². The number of nitrogens with one attached hydrogen (secondary N) is 1. The van der Waals surface area contributed by atoms with Gasteiger partial charge in [-0.3, -0.25) is 4.79 Å². The van der Waals surface area contributed by atoms with E-state index in [1.807, 2.05) is 18.2 Å².